The first kappa shape index (κ1) is 23.3. The molecule has 2 atom stereocenters. The lowest BCUT2D eigenvalue weighted by atomic mass is 10.2. The van der Waals surface area contributed by atoms with Crippen LogP contribution >= 0.6 is 0 Å². The van der Waals surface area contributed by atoms with E-state index in [2.05, 4.69) is 74.6 Å². The van der Waals surface area contributed by atoms with Gasteiger partial charge in [0, 0.05) is 11.8 Å². The molecule has 1 aliphatic heterocycles. The second kappa shape index (κ2) is 9.81. The number of primary amides is 1. The van der Waals surface area contributed by atoms with Gasteiger partial charge in [-0.05, 0) is 35.2 Å². The summed E-state index contributed by atoms with van der Waals surface area (Å²) in [4.78, 5) is 11.2. The molecule has 6 heteroatoms. The Bertz CT molecular complexity index is 854. The third-order valence-electron chi connectivity index (χ3n) is 5.88. The smallest absolute Gasteiger partial charge is 0.261 e. The Hall–Kier alpha value is -2.41. The van der Waals surface area contributed by atoms with Gasteiger partial charge in [0.2, 0.25) is 5.91 Å². The van der Waals surface area contributed by atoms with Gasteiger partial charge < -0.3 is 20.2 Å². The van der Waals surface area contributed by atoms with Crippen LogP contribution in [-0.4, -0.2) is 33.2 Å². The van der Waals surface area contributed by atoms with E-state index in [-0.39, 0.29) is 17.4 Å². The third-order valence-corrected chi connectivity index (χ3v) is 10.9. The molecular formula is C25H34N2O3Si. The van der Waals surface area contributed by atoms with E-state index < -0.39 is 14.2 Å². The highest BCUT2D eigenvalue weighted by molar-refractivity contribution is 6.99. The molecule has 0 spiro atoms. The van der Waals surface area contributed by atoms with Gasteiger partial charge in [0.05, 0.1) is 12.7 Å². The molecular weight excluding hydrogens is 404 g/mol. The fourth-order valence-corrected chi connectivity index (χ4v) is 8.81. The summed E-state index contributed by atoms with van der Waals surface area (Å²) in [6.45, 7) is 9.04. The molecule has 0 aliphatic carbocycles. The number of carbonyl (C=O) groups excluding carboxylic acids is 1. The molecule has 2 aromatic rings. The summed E-state index contributed by atoms with van der Waals surface area (Å²) in [5.74, 6) is -0.433. The normalized spacial score (nSPS) is 19.9. The van der Waals surface area contributed by atoms with Crippen molar-refractivity contribution in [2.75, 3.05) is 6.61 Å². The van der Waals surface area contributed by atoms with Crippen molar-refractivity contribution >= 4 is 24.6 Å². The molecule has 0 saturated carbocycles. The number of amides is 1. The molecule has 0 bridgehead atoms. The molecule has 31 heavy (non-hydrogen) atoms. The van der Waals surface area contributed by atoms with E-state index in [9.17, 15) is 4.79 Å². The van der Waals surface area contributed by atoms with Crippen molar-refractivity contribution in [3.05, 3.63) is 72.4 Å². The minimum Gasteiger partial charge on any atom is -0.405 e. The number of ether oxygens (including phenoxy) is 1. The minimum absolute atomic E-state index is 0.00133. The molecule has 0 unspecified atom stereocenters. The minimum atomic E-state index is -2.56. The summed E-state index contributed by atoms with van der Waals surface area (Å²) in [6.07, 6.45) is 3.26. The van der Waals surface area contributed by atoms with Crippen LogP contribution in [0.4, 0.5) is 0 Å². The van der Waals surface area contributed by atoms with Crippen LogP contribution in [0.3, 0.4) is 0 Å². The van der Waals surface area contributed by atoms with Crippen LogP contribution in [0.25, 0.3) is 0 Å². The van der Waals surface area contributed by atoms with E-state index in [1.165, 1.54) is 10.4 Å². The number of nitrogens with one attached hydrogen (secondary N) is 1. The van der Waals surface area contributed by atoms with Crippen LogP contribution < -0.4 is 21.4 Å². The number of rotatable bonds is 8. The first-order valence-corrected chi connectivity index (χ1v) is 12.8. The van der Waals surface area contributed by atoms with Crippen LogP contribution in [0.5, 0.6) is 0 Å². The maximum Gasteiger partial charge on any atom is 0.261 e. The quantitative estimate of drug-likeness (QED) is 0.491. The lowest BCUT2D eigenvalue weighted by Crippen LogP contribution is -2.67. The molecule has 1 aliphatic rings. The molecule has 1 fully saturated rings. The van der Waals surface area contributed by atoms with Gasteiger partial charge in [-0.25, -0.2) is 0 Å². The SMILES string of the molecule is C/C(=C/N[C@H]1CC[C@@H](CO[Si](c2ccccc2)(c2ccccc2)C(C)(C)C)O1)C(N)=O. The number of carbonyl (C=O) groups is 1. The summed E-state index contributed by atoms with van der Waals surface area (Å²) in [7, 11) is -2.56. The van der Waals surface area contributed by atoms with Gasteiger partial charge in [0.1, 0.15) is 6.23 Å². The van der Waals surface area contributed by atoms with Crippen molar-refractivity contribution in [3.63, 3.8) is 0 Å². The van der Waals surface area contributed by atoms with Crippen LogP contribution in [0.2, 0.25) is 5.04 Å². The molecule has 5 nitrogen and oxygen atoms in total. The number of nitrogens with two attached hydrogens (primary N) is 1. The van der Waals surface area contributed by atoms with E-state index >= 15 is 0 Å². The van der Waals surface area contributed by atoms with Gasteiger partial charge in [-0.2, -0.15) is 0 Å². The fourth-order valence-electron chi connectivity index (χ4n) is 4.22. The Labute approximate surface area is 186 Å². The van der Waals surface area contributed by atoms with Crippen LogP contribution in [0.1, 0.15) is 40.5 Å². The van der Waals surface area contributed by atoms with Crippen molar-refractivity contribution < 1.29 is 14.0 Å². The molecule has 0 radical (unpaired) electrons. The molecule has 1 amide bonds. The predicted molar refractivity (Wildman–Crippen MR) is 128 cm³/mol. The summed E-state index contributed by atoms with van der Waals surface area (Å²) in [5, 5.41) is 5.62. The summed E-state index contributed by atoms with van der Waals surface area (Å²) < 4.78 is 13.1. The lowest BCUT2D eigenvalue weighted by Gasteiger charge is -2.43. The zero-order valence-corrected chi connectivity index (χ0v) is 19.9. The molecule has 3 rings (SSSR count). The first-order valence-electron chi connectivity index (χ1n) is 10.9. The summed E-state index contributed by atoms with van der Waals surface area (Å²) in [6, 6.07) is 21.3. The number of benzene rings is 2. The Balaban J connectivity index is 1.81. The highest BCUT2D eigenvalue weighted by Gasteiger charge is 2.50. The van der Waals surface area contributed by atoms with Gasteiger partial charge in [-0.15, -0.1) is 0 Å². The maximum absolute atomic E-state index is 11.2. The highest BCUT2D eigenvalue weighted by Crippen LogP contribution is 2.37. The van der Waals surface area contributed by atoms with Crippen molar-refractivity contribution in [1.82, 2.24) is 5.32 Å². The summed E-state index contributed by atoms with van der Waals surface area (Å²) in [5.41, 5.74) is 5.77. The van der Waals surface area contributed by atoms with E-state index in [4.69, 9.17) is 14.9 Å². The van der Waals surface area contributed by atoms with E-state index in [0.717, 1.165) is 12.8 Å². The van der Waals surface area contributed by atoms with E-state index in [0.29, 0.717) is 12.2 Å². The number of hydrogen-bond acceptors (Lipinski definition) is 4. The van der Waals surface area contributed by atoms with Crippen LogP contribution in [0, 0.1) is 0 Å². The van der Waals surface area contributed by atoms with Crippen LogP contribution in [-0.2, 0) is 14.0 Å². The van der Waals surface area contributed by atoms with Gasteiger partial charge in [-0.3, -0.25) is 4.79 Å². The maximum atomic E-state index is 11.2. The Morgan fingerprint density at radius 3 is 2.13 bits per heavy atom. The summed E-state index contributed by atoms with van der Waals surface area (Å²) >= 11 is 0. The first-order chi connectivity index (χ1) is 14.7. The Morgan fingerprint density at radius 2 is 1.65 bits per heavy atom. The molecule has 1 heterocycles. The second-order valence-corrected chi connectivity index (χ2v) is 13.5. The molecule has 166 valence electrons. The fraction of sp³-hybridized carbons (Fsp3) is 0.400. The largest absolute Gasteiger partial charge is 0.405 e. The monoisotopic (exact) mass is 438 g/mol. The molecule has 1 saturated heterocycles. The average Bonchev–Trinajstić information content (AvgIpc) is 3.21. The predicted octanol–water partition coefficient (Wildman–Crippen LogP) is 3.05. The third kappa shape index (κ3) is 5.26. The van der Waals surface area contributed by atoms with E-state index in [1.807, 2.05) is 12.1 Å². The van der Waals surface area contributed by atoms with Gasteiger partial charge in [0.15, 0.2) is 0 Å². The van der Waals surface area contributed by atoms with Crippen molar-refractivity contribution in [3.8, 4) is 0 Å². The molecule has 0 aromatic heterocycles. The standard InChI is InChI=1S/C25H34N2O3Si/c1-19(24(26)28)17-27-23-16-15-20(30-23)18-29-31(25(2,3)4,21-11-7-5-8-12-21)22-13-9-6-10-14-22/h5-14,17,20,23,27H,15-16,18H2,1-4H3,(H2,26,28)/b19-17-/t20-,23+/m0/s1. The average molecular weight is 439 g/mol. The zero-order chi connectivity index (χ0) is 22.5. The molecule has 2 aromatic carbocycles. The van der Waals surface area contributed by atoms with Crippen LogP contribution in [0.15, 0.2) is 72.4 Å². The van der Waals surface area contributed by atoms with Gasteiger partial charge in [0.25, 0.3) is 8.32 Å². The van der Waals surface area contributed by atoms with Gasteiger partial charge >= 0.3 is 0 Å². The lowest BCUT2D eigenvalue weighted by molar-refractivity contribution is -0.114. The van der Waals surface area contributed by atoms with Crippen molar-refractivity contribution in [2.45, 2.75) is 57.9 Å². The van der Waals surface area contributed by atoms with Crippen molar-refractivity contribution in [1.29, 1.82) is 0 Å². The van der Waals surface area contributed by atoms with Gasteiger partial charge in [-0.1, -0.05) is 81.4 Å². The topological polar surface area (TPSA) is 73.6 Å². The Kier molecular flexibility index (Phi) is 7.36. The van der Waals surface area contributed by atoms with E-state index in [1.54, 1.807) is 13.1 Å². The zero-order valence-electron chi connectivity index (χ0n) is 18.9. The highest BCUT2D eigenvalue weighted by atomic mass is 28.4. The van der Waals surface area contributed by atoms with Crippen molar-refractivity contribution in [2.24, 2.45) is 5.73 Å². The second-order valence-electron chi connectivity index (χ2n) is 9.16. The number of hydrogen-bond donors (Lipinski definition) is 2. The Morgan fingerprint density at radius 1 is 1.10 bits per heavy atom. The molecule has 3 N–H and O–H groups in total.